The van der Waals surface area contributed by atoms with Crippen molar-refractivity contribution in [2.24, 2.45) is 0 Å². The van der Waals surface area contributed by atoms with Crippen LogP contribution in [0.25, 0.3) is 22.4 Å². The summed E-state index contributed by atoms with van der Waals surface area (Å²) in [5.74, 6) is -0.886. The van der Waals surface area contributed by atoms with E-state index in [2.05, 4.69) is 19.9 Å². The summed E-state index contributed by atoms with van der Waals surface area (Å²) in [6, 6.07) is 8.12. The minimum atomic E-state index is -4.48. The first-order valence-corrected chi connectivity index (χ1v) is 9.38. The highest BCUT2D eigenvalue weighted by atomic mass is 19.4. The van der Waals surface area contributed by atoms with Gasteiger partial charge in [-0.05, 0) is 43.7 Å². The summed E-state index contributed by atoms with van der Waals surface area (Å²) in [5.41, 5.74) is 0.679. The second kappa shape index (κ2) is 7.56. The van der Waals surface area contributed by atoms with E-state index in [9.17, 15) is 23.1 Å². The number of hydrogen-bond donors (Lipinski definition) is 3. The lowest BCUT2D eigenvalue weighted by atomic mass is 9.96. The third kappa shape index (κ3) is 3.70. The number of aromatic hydroxyl groups is 1. The second-order valence-corrected chi connectivity index (χ2v) is 7.21. The van der Waals surface area contributed by atoms with E-state index in [1.165, 1.54) is 13.0 Å². The monoisotopic (exact) mass is 439 g/mol. The molecule has 0 unspecified atom stereocenters. The van der Waals surface area contributed by atoms with Crippen molar-refractivity contribution in [3.8, 4) is 17.1 Å². The van der Waals surface area contributed by atoms with Crippen LogP contribution in [0.15, 0.2) is 42.7 Å². The van der Waals surface area contributed by atoms with Crippen LogP contribution in [0.2, 0.25) is 0 Å². The van der Waals surface area contributed by atoms with Gasteiger partial charge in [0, 0.05) is 11.1 Å². The number of H-pyrrole nitrogens is 1. The molecule has 10 heteroatoms. The maximum absolute atomic E-state index is 13.0. The summed E-state index contributed by atoms with van der Waals surface area (Å²) in [7, 11) is 0. The first-order valence-electron chi connectivity index (χ1n) is 9.38. The van der Waals surface area contributed by atoms with Gasteiger partial charge in [-0.2, -0.15) is 13.2 Å². The number of carbonyl (C=O) groups excluding carboxylic acids is 1. The topological polar surface area (TPSA) is 116 Å². The van der Waals surface area contributed by atoms with Gasteiger partial charge in [0.15, 0.2) is 11.4 Å². The van der Waals surface area contributed by atoms with Gasteiger partial charge in [0.05, 0.1) is 22.3 Å². The average molecular weight is 439 g/mol. The van der Waals surface area contributed by atoms with Gasteiger partial charge in [0.25, 0.3) is 0 Å². The molecule has 0 amide bonds. The number of fused-ring (bicyclic) bond motifs is 1. The van der Waals surface area contributed by atoms with Crippen LogP contribution in [0.1, 0.15) is 32.9 Å². The molecule has 0 spiro atoms. The maximum Gasteiger partial charge on any atom is 0.416 e. The van der Waals surface area contributed by atoms with Gasteiger partial charge < -0.3 is 10.1 Å². The third-order valence-electron chi connectivity index (χ3n) is 5.04. The predicted octanol–water partition coefficient (Wildman–Crippen LogP) is 4.61. The number of nitrogens with zero attached hydrogens (tertiary/aromatic N) is 3. The molecule has 32 heavy (non-hydrogen) atoms. The molecule has 2 heterocycles. The van der Waals surface area contributed by atoms with Crippen molar-refractivity contribution >= 4 is 22.5 Å². The molecular weight excluding hydrogens is 423 g/mol. The van der Waals surface area contributed by atoms with Crippen molar-refractivity contribution in [3.05, 3.63) is 70.8 Å². The van der Waals surface area contributed by atoms with Gasteiger partial charge in [-0.1, -0.05) is 12.1 Å². The van der Waals surface area contributed by atoms with E-state index < -0.39 is 29.0 Å². The molecule has 0 atom stereocenters. The number of rotatable bonds is 4. The van der Waals surface area contributed by atoms with Gasteiger partial charge in [-0.15, -0.1) is 0 Å². The molecule has 162 valence electrons. The van der Waals surface area contributed by atoms with Crippen molar-refractivity contribution in [3.63, 3.8) is 0 Å². The van der Waals surface area contributed by atoms with Crippen molar-refractivity contribution in [2.75, 3.05) is 0 Å². The van der Waals surface area contributed by atoms with Crippen molar-refractivity contribution in [1.29, 1.82) is 5.41 Å². The number of aromatic nitrogens is 4. The Balaban J connectivity index is 1.73. The lowest BCUT2D eigenvalue weighted by Crippen LogP contribution is -2.18. The van der Waals surface area contributed by atoms with Crippen LogP contribution in [0.5, 0.6) is 5.75 Å². The van der Waals surface area contributed by atoms with Crippen molar-refractivity contribution in [2.45, 2.75) is 20.0 Å². The first-order chi connectivity index (χ1) is 15.1. The Bertz CT molecular complexity index is 1390. The third-order valence-corrected chi connectivity index (χ3v) is 5.04. The number of halogens is 3. The molecular formula is C22H16F3N5O2. The van der Waals surface area contributed by atoms with Gasteiger partial charge in [0.2, 0.25) is 5.78 Å². The lowest BCUT2D eigenvalue weighted by molar-refractivity contribution is -0.137. The van der Waals surface area contributed by atoms with Crippen molar-refractivity contribution in [1.82, 2.24) is 19.9 Å². The molecule has 3 N–H and O–H groups in total. The molecule has 0 aliphatic heterocycles. The average Bonchev–Trinajstić information content (AvgIpc) is 3.18. The van der Waals surface area contributed by atoms with Crippen molar-refractivity contribution < 1.29 is 23.1 Å². The van der Waals surface area contributed by atoms with Crippen LogP contribution in [0, 0.1) is 19.3 Å². The normalized spacial score (nSPS) is 11.7. The molecule has 0 aliphatic rings. The highest BCUT2D eigenvalue weighted by molar-refractivity contribution is 6.50. The Hall–Kier alpha value is -4.08. The summed E-state index contributed by atoms with van der Waals surface area (Å²) >= 11 is 0. The zero-order valence-corrected chi connectivity index (χ0v) is 16.9. The number of nitrogens with one attached hydrogen (secondary N) is 2. The number of aryl methyl sites for hydroxylation is 2. The Kier molecular flexibility index (Phi) is 5.00. The van der Waals surface area contributed by atoms with E-state index >= 15 is 0 Å². The van der Waals surface area contributed by atoms with E-state index in [1.807, 2.05) is 0 Å². The highest BCUT2D eigenvalue weighted by Gasteiger charge is 2.31. The predicted molar refractivity (Wildman–Crippen MR) is 111 cm³/mol. The molecule has 2 aromatic heterocycles. The van der Waals surface area contributed by atoms with Gasteiger partial charge in [-0.25, -0.2) is 15.0 Å². The van der Waals surface area contributed by atoms with Crippen LogP contribution in [0.3, 0.4) is 0 Å². The van der Waals surface area contributed by atoms with Crippen LogP contribution in [-0.2, 0) is 6.18 Å². The number of alkyl halides is 3. The number of ketones is 1. The number of carbonyl (C=O) groups is 1. The SMILES string of the molecule is Cc1ccc(-c2nc3ccc(C(F)(F)F)cc3[nH]2)cc1C(=N)C(=O)c1ncnc(C)c1O. The number of imidazole rings is 1. The number of benzene rings is 2. The first kappa shape index (κ1) is 21.2. The molecule has 0 fully saturated rings. The summed E-state index contributed by atoms with van der Waals surface area (Å²) in [6.45, 7) is 3.22. The summed E-state index contributed by atoms with van der Waals surface area (Å²) < 4.78 is 39.0. The molecule has 0 saturated heterocycles. The van der Waals surface area contributed by atoms with E-state index in [4.69, 9.17) is 5.41 Å². The smallest absolute Gasteiger partial charge is 0.416 e. The zero-order valence-electron chi connectivity index (χ0n) is 16.9. The van der Waals surface area contributed by atoms with E-state index in [1.54, 1.807) is 25.1 Å². The van der Waals surface area contributed by atoms with Gasteiger partial charge >= 0.3 is 6.18 Å². The Morgan fingerprint density at radius 2 is 1.84 bits per heavy atom. The highest BCUT2D eigenvalue weighted by Crippen LogP contribution is 2.32. The minimum absolute atomic E-state index is 0.210. The van der Waals surface area contributed by atoms with Crippen LogP contribution in [0.4, 0.5) is 13.2 Å². The molecule has 7 nitrogen and oxygen atoms in total. The molecule has 0 saturated carbocycles. The van der Waals surface area contributed by atoms with Gasteiger partial charge in [0.1, 0.15) is 17.9 Å². The largest absolute Gasteiger partial charge is 0.504 e. The van der Waals surface area contributed by atoms with E-state index in [0.29, 0.717) is 22.5 Å². The Morgan fingerprint density at radius 3 is 2.56 bits per heavy atom. The van der Waals surface area contributed by atoms with Gasteiger partial charge in [-0.3, -0.25) is 10.2 Å². The summed E-state index contributed by atoms with van der Waals surface area (Å²) in [6.07, 6.45) is -3.35. The summed E-state index contributed by atoms with van der Waals surface area (Å²) in [5, 5.41) is 18.5. The van der Waals surface area contributed by atoms with Crippen LogP contribution >= 0.6 is 0 Å². The second-order valence-electron chi connectivity index (χ2n) is 7.21. The molecule has 4 aromatic rings. The zero-order chi connectivity index (χ0) is 23.2. The lowest BCUT2D eigenvalue weighted by Gasteiger charge is -2.10. The standard InChI is InChI=1S/C22H16F3N5O2/c1-10-3-4-12(21-29-15-6-5-13(22(23,24)25)8-16(15)30-21)7-14(10)17(26)20(32)18-19(31)11(2)27-9-28-18/h3-9,26,31H,1-2H3,(H,29,30). The van der Waals surface area contributed by atoms with Crippen LogP contribution < -0.4 is 0 Å². The fraction of sp³-hybridized carbons (Fsp3) is 0.136. The van der Waals surface area contributed by atoms with E-state index in [0.717, 1.165) is 18.5 Å². The molecule has 2 aromatic carbocycles. The summed E-state index contributed by atoms with van der Waals surface area (Å²) in [4.78, 5) is 27.6. The molecule has 0 aliphatic carbocycles. The Morgan fingerprint density at radius 1 is 1.09 bits per heavy atom. The maximum atomic E-state index is 13.0. The van der Waals surface area contributed by atoms with E-state index in [-0.39, 0.29) is 22.5 Å². The molecule has 0 radical (unpaired) electrons. The Labute approximate surface area is 179 Å². The molecule has 0 bridgehead atoms. The fourth-order valence-electron chi connectivity index (χ4n) is 3.24. The number of aromatic amines is 1. The van der Waals surface area contributed by atoms with Crippen LogP contribution in [-0.4, -0.2) is 36.5 Å². The fourth-order valence-corrected chi connectivity index (χ4v) is 3.24. The minimum Gasteiger partial charge on any atom is -0.504 e. The number of hydrogen-bond acceptors (Lipinski definition) is 6. The number of Topliss-reactive ketones (excluding diaryl/α,β-unsaturated/α-hetero) is 1. The quantitative estimate of drug-likeness (QED) is 0.317. The molecule has 4 rings (SSSR count).